The van der Waals surface area contributed by atoms with Gasteiger partial charge >= 0.3 is 0 Å². The molecule has 0 spiro atoms. The molecule has 2 aromatic carbocycles. The van der Waals surface area contributed by atoms with Gasteiger partial charge in [0.05, 0.1) is 30.9 Å². The van der Waals surface area contributed by atoms with Crippen molar-refractivity contribution in [2.45, 2.75) is 30.8 Å². The van der Waals surface area contributed by atoms with Crippen LogP contribution in [0.15, 0.2) is 47.5 Å². The first-order valence-electron chi connectivity index (χ1n) is 11.8. The van der Waals surface area contributed by atoms with Gasteiger partial charge in [0, 0.05) is 41.1 Å². The fraction of sp³-hybridized carbons (Fsp3) is 0.269. The van der Waals surface area contributed by atoms with Gasteiger partial charge in [-0.2, -0.15) is 0 Å². The maximum absolute atomic E-state index is 14.3. The Morgan fingerprint density at radius 3 is 2.53 bits per heavy atom. The third-order valence-corrected chi connectivity index (χ3v) is 7.32. The number of hydrogen-bond acceptors (Lipinski definition) is 9. The van der Waals surface area contributed by atoms with Gasteiger partial charge in [-0.1, -0.05) is 0 Å². The van der Waals surface area contributed by atoms with Gasteiger partial charge in [-0.3, -0.25) is 0 Å². The molecule has 4 aromatic rings. The third-order valence-electron chi connectivity index (χ3n) is 6.35. The molecule has 1 saturated heterocycles. The van der Waals surface area contributed by atoms with Gasteiger partial charge in [-0.05, 0) is 48.9 Å². The molecule has 0 amide bonds. The number of fused-ring (bicyclic) bond motifs is 1. The SMILES string of the molecule is COc1ncc(-c2cc(OC3CCOCC3)c3nc(N)nc(C)c3c2)cc1-c1cc(F)ccc1S(N)(=O)=O. The smallest absolute Gasteiger partial charge is 0.238 e. The summed E-state index contributed by atoms with van der Waals surface area (Å²) in [4.78, 5) is 12.9. The second-order valence-electron chi connectivity index (χ2n) is 8.93. The Balaban J connectivity index is 1.70. The van der Waals surface area contributed by atoms with Gasteiger partial charge < -0.3 is 19.9 Å². The highest BCUT2D eigenvalue weighted by Gasteiger charge is 2.22. The largest absolute Gasteiger partial charge is 0.488 e. The molecule has 2 aromatic heterocycles. The summed E-state index contributed by atoms with van der Waals surface area (Å²) in [7, 11) is -2.78. The van der Waals surface area contributed by atoms with Crippen LogP contribution in [0.2, 0.25) is 0 Å². The number of nitrogens with zero attached hydrogens (tertiary/aromatic N) is 3. The summed E-state index contributed by atoms with van der Waals surface area (Å²) in [6.07, 6.45) is 2.98. The number of rotatable bonds is 6. The highest BCUT2D eigenvalue weighted by molar-refractivity contribution is 7.89. The summed E-state index contributed by atoms with van der Waals surface area (Å²) >= 11 is 0. The molecular formula is C26H26FN5O5S. The summed E-state index contributed by atoms with van der Waals surface area (Å²) in [5.74, 6) is 0.128. The fourth-order valence-corrected chi connectivity index (χ4v) is 5.26. The topological polar surface area (TPSA) is 153 Å². The molecule has 198 valence electrons. The molecule has 0 bridgehead atoms. The van der Waals surface area contributed by atoms with Crippen molar-refractivity contribution in [2.24, 2.45) is 5.14 Å². The summed E-state index contributed by atoms with van der Waals surface area (Å²) in [5, 5.41) is 6.15. The molecule has 0 aliphatic carbocycles. The lowest BCUT2D eigenvalue weighted by Gasteiger charge is -2.24. The zero-order valence-electron chi connectivity index (χ0n) is 20.8. The summed E-state index contributed by atoms with van der Waals surface area (Å²) in [6, 6.07) is 8.60. The quantitative estimate of drug-likeness (QED) is 0.374. The van der Waals surface area contributed by atoms with Gasteiger partial charge in [0.1, 0.15) is 23.2 Å². The molecule has 1 fully saturated rings. The van der Waals surface area contributed by atoms with Crippen molar-refractivity contribution in [3.8, 4) is 33.9 Å². The fourth-order valence-electron chi connectivity index (χ4n) is 4.53. The average Bonchev–Trinajstić information content (AvgIpc) is 2.88. The van der Waals surface area contributed by atoms with Crippen LogP contribution in [0.3, 0.4) is 0 Å². The normalized spacial score (nSPS) is 14.5. The lowest BCUT2D eigenvalue weighted by Crippen LogP contribution is -2.26. The number of aryl methyl sites for hydroxylation is 1. The molecule has 38 heavy (non-hydrogen) atoms. The number of benzene rings is 2. The zero-order valence-corrected chi connectivity index (χ0v) is 21.6. The van der Waals surface area contributed by atoms with Crippen molar-refractivity contribution < 1.29 is 27.0 Å². The molecule has 12 heteroatoms. The molecular weight excluding hydrogens is 513 g/mol. The van der Waals surface area contributed by atoms with E-state index in [0.29, 0.717) is 41.3 Å². The molecule has 5 rings (SSSR count). The van der Waals surface area contributed by atoms with Crippen LogP contribution >= 0.6 is 0 Å². The van der Waals surface area contributed by atoms with E-state index in [1.54, 1.807) is 12.3 Å². The first kappa shape index (κ1) is 25.8. The number of nitrogens with two attached hydrogens (primary N) is 2. The molecule has 3 heterocycles. The number of halogens is 1. The number of primary sulfonamides is 1. The van der Waals surface area contributed by atoms with E-state index in [0.717, 1.165) is 36.4 Å². The van der Waals surface area contributed by atoms with Gasteiger partial charge in [0.25, 0.3) is 0 Å². The van der Waals surface area contributed by atoms with Gasteiger partial charge in [0.15, 0.2) is 0 Å². The Kier molecular flexibility index (Phi) is 6.86. The van der Waals surface area contributed by atoms with Gasteiger partial charge in [0.2, 0.25) is 21.9 Å². The predicted molar refractivity (Wildman–Crippen MR) is 140 cm³/mol. The maximum Gasteiger partial charge on any atom is 0.238 e. The molecule has 0 saturated carbocycles. The van der Waals surface area contributed by atoms with Crippen LogP contribution in [0.25, 0.3) is 33.2 Å². The van der Waals surface area contributed by atoms with E-state index in [2.05, 4.69) is 15.0 Å². The number of ether oxygens (including phenoxy) is 3. The zero-order chi connectivity index (χ0) is 27.0. The van der Waals surface area contributed by atoms with Crippen molar-refractivity contribution in [3.05, 3.63) is 54.1 Å². The van der Waals surface area contributed by atoms with Crippen molar-refractivity contribution >= 4 is 26.9 Å². The number of nitrogen functional groups attached to an aromatic ring is 1. The minimum Gasteiger partial charge on any atom is -0.488 e. The number of sulfonamides is 1. The van der Waals surface area contributed by atoms with E-state index in [1.165, 1.54) is 7.11 Å². The van der Waals surface area contributed by atoms with E-state index in [-0.39, 0.29) is 34.0 Å². The number of anilines is 1. The number of pyridine rings is 1. The monoisotopic (exact) mass is 539 g/mol. The Morgan fingerprint density at radius 1 is 1.05 bits per heavy atom. The molecule has 1 aliphatic rings. The van der Waals surface area contributed by atoms with Crippen molar-refractivity contribution in [3.63, 3.8) is 0 Å². The molecule has 1 aliphatic heterocycles. The van der Waals surface area contributed by atoms with E-state index >= 15 is 0 Å². The van der Waals surface area contributed by atoms with Crippen LogP contribution in [0, 0.1) is 12.7 Å². The van der Waals surface area contributed by atoms with Crippen LogP contribution in [-0.4, -0.2) is 49.8 Å². The van der Waals surface area contributed by atoms with E-state index in [1.807, 2.05) is 19.1 Å². The second kappa shape index (κ2) is 10.1. The van der Waals surface area contributed by atoms with Crippen molar-refractivity contribution in [1.29, 1.82) is 0 Å². The lowest BCUT2D eigenvalue weighted by atomic mass is 9.99. The minimum atomic E-state index is -4.17. The predicted octanol–water partition coefficient (Wildman–Crippen LogP) is 3.60. The first-order chi connectivity index (χ1) is 18.1. The second-order valence-corrected chi connectivity index (χ2v) is 10.5. The molecule has 0 radical (unpaired) electrons. The lowest BCUT2D eigenvalue weighted by molar-refractivity contribution is 0.0261. The maximum atomic E-state index is 14.3. The van der Waals surface area contributed by atoms with Crippen LogP contribution in [0.4, 0.5) is 10.3 Å². The highest BCUT2D eigenvalue weighted by Crippen LogP contribution is 2.39. The number of methoxy groups -OCH3 is 1. The van der Waals surface area contributed by atoms with Crippen LogP contribution in [0.5, 0.6) is 11.6 Å². The number of hydrogen-bond donors (Lipinski definition) is 2. The van der Waals surface area contributed by atoms with Crippen molar-refractivity contribution in [1.82, 2.24) is 15.0 Å². The van der Waals surface area contributed by atoms with E-state index in [9.17, 15) is 12.8 Å². The standard InChI is InChI=1S/C26H26FN5O5S/c1-14-19-9-15(11-22(24(19)32-26(28)31-14)37-18-5-7-36-8-6-18)16-10-21(25(35-2)30-13-16)20-12-17(27)3-4-23(20)38(29,33)34/h3-4,9-13,18H,5-8H2,1-2H3,(H2,28,31,32)(H2,29,33,34). The summed E-state index contributed by atoms with van der Waals surface area (Å²) in [5.41, 5.74) is 8.76. The van der Waals surface area contributed by atoms with E-state index in [4.69, 9.17) is 25.1 Å². The molecule has 0 unspecified atom stereocenters. The van der Waals surface area contributed by atoms with Crippen LogP contribution in [0.1, 0.15) is 18.5 Å². The van der Waals surface area contributed by atoms with Crippen molar-refractivity contribution in [2.75, 3.05) is 26.1 Å². The van der Waals surface area contributed by atoms with Gasteiger partial charge in [-0.15, -0.1) is 0 Å². The Labute approximate surface area is 218 Å². The Hall–Kier alpha value is -3.87. The molecule has 0 atom stereocenters. The summed E-state index contributed by atoms with van der Waals surface area (Å²) in [6.45, 7) is 3.03. The van der Waals surface area contributed by atoms with Gasteiger partial charge in [-0.25, -0.2) is 32.9 Å². The van der Waals surface area contributed by atoms with Crippen LogP contribution < -0.4 is 20.3 Å². The average molecular weight is 540 g/mol. The highest BCUT2D eigenvalue weighted by atomic mass is 32.2. The van der Waals surface area contributed by atoms with Crippen LogP contribution in [-0.2, 0) is 14.8 Å². The van der Waals surface area contributed by atoms with E-state index < -0.39 is 15.8 Å². The molecule has 4 N–H and O–H groups in total. The molecule has 10 nitrogen and oxygen atoms in total. The Bertz CT molecular complexity index is 1640. The Morgan fingerprint density at radius 2 is 1.82 bits per heavy atom. The number of aromatic nitrogens is 3. The summed E-state index contributed by atoms with van der Waals surface area (Å²) < 4.78 is 56.0. The first-order valence-corrected chi connectivity index (χ1v) is 13.4. The minimum absolute atomic E-state index is 0.0328. The third kappa shape index (κ3) is 5.10.